The summed E-state index contributed by atoms with van der Waals surface area (Å²) in [6.45, 7) is 2.98. The molecule has 0 radical (unpaired) electrons. The maximum atomic E-state index is 5.65. The van der Waals surface area contributed by atoms with E-state index in [1.165, 1.54) is 0 Å². The first-order valence-electron chi connectivity index (χ1n) is 4.79. The number of halogens is 1. The molecule has 0 fully saturated rings. The normalized spacial score (nSPS) is 12.5. The van der Waals surface area contributed by atoms with Crippen LogP contribution in [0.4, 0.5) is 5.69 Å². The maximum Gasteiger partial charge on any atom is 0.0590 e. The van der Waals surface area contributed by atoms with Crippen molar-refractivity contribution in [3.8, 4) is 0 Å². The topological polar surface area (TPSA) is 50.9 Å². The Morgan fingerprint density at radius 2 is 2.43 bits per heavy atom. The lowest BCUT2D eigenvalue weighted by molar-refractivity contribution is 0.639. The second-order valence-corrected chi connectivity index (χ2v) is 4.26. The minimum absolute atomic E-state index is 0.290. The van der Waals surface area contributed by atoms with Crippen LogP contribution in [0.25, 0.3) is 0 Å². The Bertz CT molecular complexity index is 276. The van der Waals surface area contributed by atoms with Gasteiger partial charge in [0.05, 0.1) is 10.2 Å². The first-order valence-corrected chi connectivity index (χ1v) is 5.58. The molecule has 0 aliphatic rings. The molecule has 0 bridgehead atoms. The summed E-state index contributed by atoms with van der Waals surface area (Å²) in [5, 5.41) is 3.33. The van der Waals surface area contributed by atoms with Crippen molar-refractivity contribution in [1.82, 2.24) is 4.98 Å². The second kappa shape index (κ2) is 5.98. The molecule has 1 unspecified atom stereocenters. The number of aromatic nitrogens is 1. The molecule has 0 amide bonds. The minimum Gasteiger partial charge on any atom is -0.384 e. The molecule has 1 atom stereocenters. The molecule has 0 saturated heterocycles. The summed E-state index contributed by atoms with van der Waals surface area (Å²) in [4.78, 5) is 3.99. The number of rotatable bonds is 5. The van der Waals surface area contributed by atoms with Gasteiger partial charge in [-0.1, -0.05) is 0 Å². The zero-order valence-electron chi connectivity index (χ0n) is 8.33. The van der Waals surface area contributed by atoms with Gasteiger partial charge in [-0.2, -0.15) is 0 Å². The molecule has 1 heterocycles. The Labute approximate surface area is 93.2 Å². The average Bonchev–Trinajstić information content (AvgIpc) is 2.15. The molecule has 1 rings (SSSR count). The summed E-state index contributed by atoms with van der Waals surface area (Å²) in [6.07, 6.45) is 5.70. The number of pyridine rings is 1. The fourth-order valence-electron chi connectivity index (χ4n) is 1.17. The van der Waals surface area contributed by atoms with Gasteiger partial charge in [0.15, 0.2) is 0 Å². The number of nitrogens with zero attached hydrogens (tertiary/aromatic N) is 1. The zero-order valence-corrected chi connectivity index (χ0v) is 9.92. The highest BCUT2D eigenvalue weighted by molar-refractivity contribution is 9.10. The average molecular weight is 258 g/mol. The highest BCUT2D eigenvalue weighted by atomic mass is 79.9. The smallest absolute Gasteiger partial charge is 0.0590 e. The van der Waals surface area contributed by atoms with E-state index in [1.807, 2.05) is 13.0 Å². The Hall–Kier alpha value is -0.610. The van der Waals surface area contributed by atoms with Crippen LogP contribution in [0.2, 0.25) is 0 Å². The Kier molecular flexibility index (Phi) is 4.90. The van der Waals surface area contributed by atoms with Crippen molar-refractivity contribution >= 4 is 21.6 Å². The largest absolute Gasteiger partial charge is 0.384 e. The highest BCUT2D eigenvalue weighted by Gasteiger charge is 1.98. The quantitative estimate of drug-likeness (QED) is 0.797. The van der Waals surface area contributed by atoms with E-state index in [9.17, 15) is 0 Å². The van der Waals surface area contributed by atoms with Gasteiger partial charge in [0.1, 0.15) is 0 Å². The van der Waals surface area contributed by atoms with Gasteiger partial charge in [-0.05, 0) is 41.8 Å². The molecular formula is C10H16BrN3. The zero-order chi connectivity index (χ0) is 10.4. The first-order chi connectivity index (χ1) is 6.70. The van der Waals surface area contributed by atoms with Crippen LogP contribution in [0.3, 0.4) is 0 Å². The third-order valence-electron chi connectivity index (χ3n) is 1.92. The fraction of sp³-hybridized carbons (Fsp3) is 0.500. The summed E-state index contributed by atoms with van der Waals surface area (Å²) in [7, 11) is 0. The van der Waals surface area contributed by atoms with Gasteiger partial charge in [-0.3, -0.25) is 4.98 Å². The molecule has 0 aliphatic carbocycles. The summed E-state index contributed by atoms with van der Waals surface area (Å²) < 4.78 is 1.00. The van der Waals surface area contributed by atoms with Crippen molar-refractivity contribution < 1.29 is 0 Å². The van der Waals surface area contributed by atoms with Crippen LogP contribution < -0.4 is 11.1 Å². The third kappa shape index (κ3) is 4.07. The van der Waals surface area contributed by atoms with E-state index >= 15 is 0 Å². The number of hydrogen-bond donors (Lipinski definition) is 2. The van der Waals surface area contributed by atoms with Crippen molar-refractivity contribution in [3.63, 3.8) is 0 Å². The first kappa shape index (κ1) is 11.5. The predicted octanol–water partition coefficient (Wildman–Crippen LogP) is 2.38. The molecule has 14 heavy (non-hydrogen) atoms. The Morgan fingerprint density at radius 1 is 1.64 bits per heavy atom. The van der Waals surface area contributed by atoms with Gasteiger partial charge in [0, 0.05) is 25.0 Å². The van der Waals surface area contributed by atoms with E-state index in [0.29, 0.717) is 0 Å². The molecule has 0 aromatic carbocycles. The van der Waals surface area contributed by atoms with E-state index in [4.69, 9.17) is 5.73 Å². The molecule has 78 valence electrons. The van der Waals surface area contributed by atoms with Crippen LogP contribution in [0.5, 0.6) is 0 Å². The van der Waals surface area contributed by atoms with Gasteiger partial charge in [0.25, 0.3) is 0 Å². The standard InChI is InChI=1S/C10H16BrN3/c1-8(12)3-2-5-14-10-4-6-13-7-9(10)11/h4,6-8H,2-3,5,12H2,1H3,(H,13,14). The van der Waals surface area contributed by atoms with Crippen molar-refractivity contribution in [1.29, 1.82) is 0 Å². The van der Waals surface area contributed by atoms with Gasteiger partial charge >= 0.3 is 0 Å². The van der Waals surface area contributed by atoms with E-state index in [0.717, 1.165) is 29.5 Å². The molecule has 4 heteroatoms. The number of hydrogen-bond acceptors (Lipinski definition) is 3. The lowest BCUT2D eigenvalue weighted by Gasteiger charge is -2.08. The predicted molar refractivity (Wildman–Crippen MR) is 63.3 cm³/mol. The van der Waals surface area contributed by atoms with Crippen molar-refractivity contribution in [3.05, 3.63) is 22.9 Å². The van der Waals surface area contributed by atoms with Gasteiger partial charge in [0.2, 0.25) is 0 Å². The van der Waals surface area contributed by atoms with E-state index < -0.39 is 0 Å². The molecular weight excluding hydrogens is 242 g/mol. The maximum absolute atomic E-state index is 5.65. The van der Waals surface area contributed by atoms with Crippen LogP contribution in [-0.2, 0) is 0 Å². The van der Waals surface area contributed by atoms with Crippen molar-refractivity contribution in [2.45, 2.75) is 25.8 Å². The summed E-state index contributed by atoms with van der Waals surface area (Å²) in [5.74, 6) is 0. The third-order valence-corrected chi connectivity index (χ3v) is 2.56. The molecule has 0 saturated carbocycles. The van der Waals surface area contributed by atoms with Crippen molar-refractivity contribution in [2.24, 2.45) is 5.73 Å². The molecule has 1 aromatic rings. The molecule has 3 nitrogen and oxygen atoms in total. The Balaban J connectivity index is 2.28. The minimum atomic E-state index is 0.290. The van der Waals surface area contributed by atoms with Gasteiger partial charge < -0.3 is 11.1 Å². The van der Waals surface area contributed by atoms with E-state index in [1.54, 1.807) is 12.4 Å². The summed E-state index contributed by atoms with van der Waals surface area (Å²) in [6, 6.07) is 2.24. The summed E-state index contributed by atoms with van der Waals surface area (Å²) in [5.41, 5.74) is 6.74. The van der Waals surface area contributed by atoms with Crippen molar-refractivity contribution in [2.75, 3.05) is 11.9 Å². The number of anilines is 1. The molecule has 0 aliphatic heterocycles. The lowest BCUT2D eigenvalue weighted by Crippen LogP contribution is -2.16. The highest BCUT2D eigenvalue weighted by Crippen LogP contribution is 2.19. The summed E-state index contributed by atoms with van der Waals surface area (Å²) >= 11 is 3.43. The molecule has 3 N–H and O–H groups in total. The van der Waals surface area contributed by atoms with Crippen LogP contribution >= 0.6 is 15.9 Å². The van der Waals surface area contributed by atoms with Crippen LogP contribution in [0, 0.1) is 0 Å². The van der Waals surface area contributed by atoms with Gasteiger partial charge in [-0.25, -0.2) is 0 Å². The number of nitrogens with one attached hydrogen (secondary N) is 1. The molecule has 1 aromatic heterocycles. The fourth-order valence-corrected chi connectivity index (χ4v) is 1.56. The second-order valence-electron chi connectivity index (χ2n) is 3.40. The lowest BCUT2D eigenvalue weighted by atomic mass is 10.2. The van der Waals surface area contributed by atoms with Crippen LogP contribution in [0.1, 0.15) is 19.8 Å². The SMILES string of the molecule is CC(N)CCCNc1ccncc1Br. The monoisotopic (exact) mass is 257 g/mol. The van der Waals surface area contributed by atoms with E-state index in [-0.39, 0.29) is 6.04 Å². The van der Waals surface area contributed by atoms with Crippen LogP contribution in [-0.4, -0.2) is 17.6 Å². The molecule has 0 spiro atoms. The Morgan fingerprint density at radius 3 is 3.07 bits per heavy atom. The van der Waals surface area contributed by atoms with Crippen LogP contribution in [0.15, 0.2) is 22.9 Å². The number of nitrogens with two attached hydrogens (primary N) is 1. The van der Waals surface area contributed by atoms with Gasteiger partial charge in [-0.15, -0.1) is 0 Å². The van der Waals surface area contributed by atoms with E-state index in [2.05, 4.69) is 26.2 Å².